The average Bonchev–Trinajstić information content (AvgIpc) is 2.76. The Morgan fingerprint density at radius 1 is 0.679 bits per heavy atom. The molecule has 3 rings (SSSR count). The summed E-state index contributed by atoms with van der Waals surface area (Å²) in [6, 6.07) is 24.2. The summed E-state index contributed by atoms with van der Waals surface area (Å²) in [5, 5.41) is 0. The van der Waals surface area contributed by atoms with Crippen molar-refractivity contribution in [2.75, 3.05) is 13.2 Å². The molecule has 0 amide bonds. The van der Waals surface area contributed by atoms with Gasteiger partial charge in [-0.2, -0.15) is 0 Å². The van der Waals surface area contributed by atoms with Crippen LogP contribution in [0.2, 0.25) is 0 Å². The van der Waals surface area contributed by atoms with Crippen LogP contribution in [-0.2, 0) is 6.61 Å². The Bertz CT molecular complexity index is 850. The van der Waals surface area contributed by atoms with E-state index in [1.54, 1.807) is 6.08 Å². The third-order valence-corrected chi connectivity index (χ3v) is 4.21. The fourth-order valence-corrected chi connectivity index (χ4v) is 2.71. The van der Waals surface area contributed by atoms with Crippen LogP contribution in [0.15, 0.2) is 85.5 Å². The molecule has 0 aliphatic heterocycles. The summed E-state index contributed by atoms with van der Waals surface area (Å²) in [6.45, 7) is 7.54. The first kappa shape index (κ1) is 19.6. The summed E-state index contributed by atoms with van der Waals surface area (Å²) >= 11 is 0. The zero-order chi connectivity index (χ0) is 19.6. The normalized spacial score (nSPS) is 10.3. The highest BCUT2D eigenvalue weighted by Crippen LogP contribution is 2.25. The molecule has 144 valence electrons. The maximum absolute atomic E-state index is 5.90. The maximum Gasteiger partial charge on any atom is 0.119 e. The lowest BCUT2D eigenvalue weighted by Crippen LogP contribution is -1.97. The second-order valence-corrected chi connectivity index (χ2v) is 6.43. The van der Waals surface area contributed by atoms with Crippen LogP contribution in [0.1, 0.15) is 18.9 Å². The third-order valence-electron chi connectivity index (χ3n) is 4.21. The van der Waals surface area contributed by atoms with Gasteiger partial charge in [-0.25, -0.2) is 0 Å². The molecule has 0 heterocycles. The lowest BCUT2D eigenvalue weighted by atomic mass is 10.1. The van der Waals surface area contributed by atoms with E-state index in [2.05, 4.69) is 37.8 Å². The standard InChI is InChI=1S/C25H26O3/c1-3-17-26-23-11-5-20(6-12-23)19-28-25-15-9-22(10-16-25)21-7-13-24(14-8-21)27-18-4-2/h4-16H,2-3,17-19H2,1H3. The minimum Gasteiger partial charge on any atom is -0.494 e. The molecule has 0 bridgehead atoms. The van der Waals surface area contributed by atoms with Crippen molar-refractivity contribution < 1.29 is 14.2 Å². The molecule has 0 unspecified atom stereocenters. The van der Waals surface area contributed by atoms with Crippen LogP contribution in [0.4, 0.5) is 0 Å². The Morgan fingerprint density at radius 2 is 1.18 bits per heavy atom. The van der Waals surface area contributed by atoms with E-state index >= 15 is 0 Å². The highest BCUT2D eigenvalue weighted by atomic mass is 16.5. The van der Waals surface area contributed by atoms with E-state index in [0.717, 1.165) is 47.0 Å². The van der Waals surface area contributed by atoms with Crippen molar-refractivity contribution in [3.63, 3.8) is 0 Å². The van der Waals surface area contributed by atoms with Gasteiger partial charge in [-0.3, -0.25) is 0 Å². The predicted octanol–water partition coefficient (Wildman–Crippen LogP) is 6.29. The van der Waals surface area contributed by atoms with E-state index in [-0.39, 0.29) is 0 Å². The molecule has 3 aromatic carbocycles. The van der Waals surface area contributed by atoms with Crippen LogP contribution >= 0.6 is 0 Å². The predicted molar refractivity (Wildman–Crippen MR) is 114 cm³/mol. The van der Waals surface area contributed by atoms with Gasteiger partial charge in [0, 0.05) is 0 Å². The second kappa shape index (κ2) is 10.2. The summed E-state index contributed by atoms with van der Waals surface area (Å²) in [4.78, 5) is 0. The smallest absolute Gasteiger partial charge is 0.119 e. The van der Waals surface area contributed by atoms with Crippen molar-refractivity contribution in [1.82, 2.24) is 0 Å². The van der Waals surface area contributed by atoms with Gasteiger partial charge in [0.15, 0.2) is 0 Å². The van der Waals surface area contributed by atoms with Gasteiger partial charge < -0.3 is 14.2 Å². The molecule has 0 radical (unpaired) electrons. The van der Waals surface area contributed by atoms with E-state index in [1.807, 2.05) is 48.5 Å². The van der Waals surface area contributed by atoms with Crippen molar-refractivity contribution in [1.29, 1.82) is 0 Å². The Balaban J connectivity index is 1.54. The van der Waals surface area contributed by atoms with Gasteiger partial charge in [-0.1, -0.05) is 56.0 Å². The number of benzene rings is 3. The molecule has 3 aromatic rings. The molecule has 0 aromatic heterocycles. The van der Waals surface area contributed by atoms with Crippen LogP contribution in [0.5, 0.6) is 17.2 Å². The lowest BCUT2D eigenvalue weighted by molar-refractivity contribution is 0.304. The molecule has 0 fully saturated rings. The van der Waals surface area contributed by atoms with Crippen LogP contribution in [0, 0.1) is 0 Å². The number of hydrogen-bond donors (Lipinski definition) is 0. The van der Waals surface area contributed by atoms with Crippen LogP contribution in [0.3, 0.4) is 0 Å². The summed E-state index contributed by atoms with van der Waals surface area (Å²) in [5.41, 5.74) is 3.39. The van der Waals surface area contributed by atoms with Gasteiger partial charge in [0.25, 0.3) is 0 Å². The van der Waals surface area contributed by atoms with E-state index in [0.29, 0.717) is 13.2 Å². The summed E-state index contributed by atoms with van der Waals surface area (Å²) in [6.07, 6.45) is 2.75. The third kappa shape index (κ3) is 5.65. The van der Waals surface area contributed by atoms with Gasteiger partial charge in [0.05, 0.1) is 6.61 Å². The molecule has 3 heteroatoms. The average molecular weight is 374 g/mol. The first-order valence-electron chi connectivity index (χ1n) is 9.57. The van der Waals surface area contributed by atoms with Gasteiger partial charge in [0.1, 0.15) is 30.5 Å². The fourth-order valence-electron chi connectivity index (χ4n) is 2.71. The maximum atomic E-state index is 5.90. The second-order valence-electron chi connectivity index (χ2n) is 6.43. The molecule has 0 atom stereocenters. The molecule has 0 saturated carbocycles. The van der Waals surface area contributed by atoms with E-state index in [9.17, 15) is 0 Å². The monoisotopic (exact) mass is 374 g/mol. The Kier molecular flexibility index (Phi) is 7.14. The van der Waals surface area contributed by atoms with Gasteiger partial charge in [-0.05, 0) is 59.5 Å². The Labute approximate surface area is 167 Å². The van der Waals surface area contributed by atoms with Crippen molar-refractivity contribution in [2.24, 2.45) is 0 Å². The van der Waals surface area contributed by atoms with E-state index in [4.69, 9.17) is 14.2 Å². The van der Waals surface area contributed by atoms with Crippen molar-refractivity contribution in [3.8, 4) is 28.4 Å². The fraction of sp³-hybridized carbons (Fsp3) is 0.200. The van der Waals surface area contributed by atoms with E-state index < -0.39 is 0 Å². The minimum absolute atomic E-state index is 0.514. The molecule has 0 aliphatic rings. The molecule has 0 spiro atoms. The summed E-state index contributed by atoms with van der Waals surface area (Å²) in [5.74, 6) is 2.59. The topological polar surface area (TPSA) is 27.7 Å². The molecule has 0 aliphatic carbocycles. The zero-order valence-electron chi connectivity index (χ0n) is 16.3. The molecule has 0 saturated heterocycles. The molecule has 0 N–H and O–H groups in total. The quantitative estimate of drug-likeness (QED) is 0.391. The summed E-state index contributed by atoms with van der Waals surface area (Å²) < 4.78 is 17.0. The zero-order valence-corrected chi connectivity index (χ0v) is 16.3. The van der Waals surface area contributed by atoms with Crippen LogP contribution < -0.4 is 14.2 Å². The number of ether oxygens (including phenoxy) is 3. The number of hydrogen-bond acceptors (Lipinski definition) is 3. The molecule has 28 heavy (non-hydrogen) atoms. The van der Waals surface area contributed by atoms with Crippen LogP contribution in [0.25, 0.3) is 11.1 Å². The number of rotatable bonds is 10. The van der Waals surface area contributed by atoms with Crippen LogP contribution in [-0.4, -0.2) is 13.2 Å². The van der Waals surface area contributed by atoms with E-state index in [1.165, 1.54) is 0 Å². The van der Waals surface area contributed by atoms with Crippen molar-refractivity contribution in [3.05, 3.63) is 91.0 Å². The minimum atomic E-state index is 0.514. The molecular weight excluding hydrogens is 348 g/mol. The first-order valence-corrected chi connectivity index (χ1v) is 9.57. The van der Waals surface area contributed by atoms with Gasteiger partial charge in [0.2, 0.25) is 0 Å². The molecule has 3 nitrogen and oxygen atoms in total. The van der Waals surface area contributed by atoms with Gasteiger partial charge in [-0.15, -0.1) is 0 Å². The Hall–Kier alpha value is -3.20. The Morgan fingerprint density at radius 3 is 1.71 bits per heavy atom. The van der Waals surface area contributed by atoms with Crippen molar-refractivity contribution in [2.45, 2.75) is 20.0 Å². The van der Waals surface area contributed by atoms with Gasteiger partial charge >= 0.3 is 0 Å². The largest absolute Gasteiger partial charge is 0.494 e. The SMILES string of the molecule is C=CCOc1ccc(-c2ccc(OCc3ccc(OCCC)cc3)cc2)cc1. The highest BCUT2D eigenvalue weighted by molar-refractivity contribution is 5.64. The first-order chi connectivity index (χ1) is 13.8. The highest BCUT2D eigenvalue weighted by Gasteiger charge is 2.01. The summed E-state index contributed by atoms with van der Waals surface area (Å²) in [7, 11) is 0. The molecular formula is C25H26O3. The van der Waals surface area contributed by atoms with Crippen molar-refractivity contribution >= 4 is 0 Å². The lowest BCUT2D eigenvalue weighted by Gasteiger charge is -2.09.